The normalized spacial score (nSPS) is 20.5. The molecular weight excluding hydrogens is 264 g/mol. The molecule has 1 fully saturated rings. The predicted octanol–water partition coefficient (Wildman–Crippen LogP) is 3.47. The van der Waals surface area contributed by atoms with E-state index in [1.54, 1.807) is 0 Å². The van der Waals surface area contributed by atoms with Crippen molar-refractivity contribution in [1.82, 2.24) is 10.2 Å². The number of hydrogen-bond acceptors (Lipinski definition) is 3. The highest BCUT2D eigenvalue weighted by atomic mass is 32.2. The van der Waals surface area contributed by atoms with E-state index in [4.69, 9.17) is 0 Å². The van der Waals surface area contributed by atoms with E-state index in [0.717, 1.165) is 12.6 Å². The van der Waals surface area contributed by atoms with E-state index in [9.17, 15) is 0 Å². The average Bonchev–Trinajstić information content (AvgIpc) is 2.98. The molecule has 112 valence electrons. The molecule has 0 amide bonds. The highest BCUT2D eigenvalue weighted by Crippen LogP contribution is 2.24. The first-order valence-electron chi connectivity index (χ1n) is 7.79. The topological polar surface area (TPSA) is 15.3 Å². The molecule has 1 aliphatic heterocycles. The van der Waals surface area contributed by atoms with Gasteiger partial charge in [-0.2, -0.15) is 11.8 Å². The lowest BCUT2D eigenvalue weighted by Gasteiger charge is -2.27. The molecule has 0 radical (unpaired) electrons. The zero-order chi connectivity index (χ0) is 14.4. The lowest BCUT2D eigenvalue weighted by molar-refractivity contribution is 0.247. The Bertz CT molecular complexity index is 402. The van der Waals surface area contributed by atoms with E-state index in [-0.39, 0.29) is 0 Å². The lowest BCUT2D eigenvalue weighted by Crippen LogP contribution is -2.34. The molecule has 1 saturated heterocycles. The van der Waals surface area contributed by atoms with Crippen LogP contribution in [0.5, 0.6) is 0 Å². The number of thioether (sulfide) groups is 1. The van der Waals surface area contributed by atoms with Gasteiger partial charge >= 0.3 is 0 Å². The summed E-state index contributed by atoms with van der Waals surface area (Å²) in [6.07, 6.45) is 2.55. The molecule has 0 aliphatic carbocycles. The summed E-state index contributed by atoms with van der Waals surface area (Å²) >= 11 is 2.10. The third-order valence-electron chi connectivity index (χ3n) is 4.31. The Morgan fingerprint density at radius 3 is 2.85 bits per heavy atom. The Morgan fingerprint density at radius 2 is 2.20 bits per heavy atom. The van der Waals surface area contributed by atoms with Crippen molar-refractivity contribution in [3.8, 4) is 0 Å². The van der Waals surface area contributed by atoms with Crippen LogP contribution in [0.1, 0.15) is 36.9 Å². The van der Waals surface area contributed by atoms with Gasteiger partial charge in [-0.1, -0.05) is 31.2 Å². The Hall–Kier alpha value is -0.510. The number of aryl methyl sites for hydroxylation is 1. The summed E-state index contributed by atoms with van der Waals surface area (Å²) in [4.78, 5) is 2.56. The monoisotopic (exact) mass is 292 g/mol. The molecule has 1 aromatic rings. The maximum atomic E-state index is 3.65. The van der Waals surface area contributed by atoms with Crippen LogP contribution in [0.15, 0.2) is 24.3 Å². The molecular formula is C17H28N2S. The Balaban J connectivity index is 1.93. The van der Waals surface area contributed by atoms with Gasteiger partial charge in [0.25, 0.3) is 0 Å². The molecule has 2 rings (SSSR count). The van der Waals surface area contributed by atoms with E-state index in [1.165, 1.54) is 42.0 Å². The largest absolute Gasteiger partial charge is 0.310 e. The molecule has 0 spiro atoms. The van der Waals surface area contributed by atoms with Gasteiger partial charge in [-0.15, -0.1) is 0 Å². The molecule has 2 atom stereocenters. The van der Waals surface area contributed by atoms with Crippen molar-refractivity contribution in [1.29, 1.82) is 0 Å². The summed E-state index contributed by atoms with van der Waals surface area (Å²) < 4.78 is 0. The fourth-order valence-corrected chi connectivity index (χ4v) is 4.28. The standard InChI is InChI=1S/C17H28N2S/c1-4-18-17(16-8-6-5-7-14(16)2)9-11-19(3)15-10-12-20-13-15/h5-8,15,17-18H,4,9-13H2,1-3H3. The van der Waals surface area contributed by atoms with Crippen LogP contribution in [0.2, 0.25) is 0 Å². The minimum atomic E-state index is 0.484. The van der Waals surface area contributed by atoms with Crippen molar-refractivity contribution in [3.05, 3.63) is 35.4 Å². The second-order valence-electron chi connectivity index (χ2n) is 5.75. The first-order chi connectivity index (χ1) is 9.72. The van der Waals surface area contributed by atoms with Gasteiger partial charge in [0.05, 0.1) is 0 Å². The molecule has 20 heavy (non-hydrogen) atoms. The van der Waals surface area contributed by atoms with E-state index in [0.29, 0.717) is 6.04 Å². The molecule has 1 heterocycles. The molecule has 0 saturated carbocycles. The minimum absolute atomic E-state index is 0.484. The van der Waals surface area contributed by atoms with Gasteiger partial charge in [0, 0.05) is 17.8 Å². The maximum absolute atomic E-state index is 3.65. The Labute approximate surface area is 128 Å². The fourth-order valence-electron chi connectivity index (χ4n) is 2.98. The molecule has 3 heteroatoms. The molecule has 2 nitrogen and oxygen atoms in total. The smallest absolute Gasteiger partial charge is 0.0334 e. The van der Waals surface area contributed by atoms with Gasteiger partial charge in [-0.05, 0) is 56.8 Å². The molecule has 0 aromatic heterocycles. The van der Waals surface area contributed by atoms with Crippen molar-refractivity contribution in [2.24, 2.45) is 0 Å². The second kappa shape index (κ2) is 8.06. The van der Waals surface area contributed by atoms with Crippen molar-refractivity contribution in [2.45, 2.75) is 38.8 Å². The number of nitrogens with zero attached hydrogens (tertiary/aromatic N) is 1. The molecule has 1 N–H and O–H groups in total. The molecule has 1 aromatic carbocycles. The second-order valence-corrected chi connectivity index (χ2v) is 6.90. The summed E-state index contributed by atoms with van der Waals surface area (Å²) in [5, 5.41) is 3.65. The van der Waals surface area contributed by atoms with Crippen molar-refractivity contribution in [2.75, 3.05) is 31.6 Å². The number of nitrogens with one attached hydrogen (secondary N) is 1. The van der Waals surface area contributed by atoms with Gasteiger partial charge < -0.3 is 10.2 Å². The summed E-state index contributed by atoms with van der Waals surface area (Å²) in [7, 11) is 2.29. The first-order valence-corrected chi connectivity index (χ1v) is 8.94. The quantitative estimate of drug-likeness (QED) is 0.828. The van der Waals surface area contributed by atoms with Crippen molar-refractivity contribution in [3.63, 3.8) is 0 Å². The van der Waals surface area contributed by atoms with Gasteiger partial charge in [-0.3, -0.25) is 0 Å². The number of benzene rings is 1. The van der Waals surface area contributed by atoms with Crippen LogP contribution >= 0.6 is 11.8 Å². The highest BCUT2D eigenvalue weighted by molar-refractivity contribution is 7.99. The summed E-state index contributed by atoms with van der Waals surface area (Å²) in [5.41, 5.74) is 2.86. The summed E-state index contributed by atoms with van der Waals surface area (Å²) in [6.45, 7) is 6.62. The first kappa shape index (κ1) is 15.9. The highest BCUT2D eigenvalue weighted by Gasteiger charge is 2.21. The van der Waals surface area contributed by atoms with Gasteiger partial charge in [-0.25, -0.2) is 0 Å². The Morgan fingerprint density at radius 1 is 1.40 bits per heavy atom. The average molecular weight is 292 g/mol. The fraction of sp³-hybridized carbons (Fsp3) is 0.647. The van der Waals surface area contributed by atoms with Gasteiger partial charge in [0.2, 0.25) is 0 Å². The molecule has 1 aliphatic rings. The van der Waals surface area contributed by atoms with E-state index >= 15 is 0 Å². The van der Waals surface area contributed by atoms with Crippen LogP contribution in [0.3, 0.4) is 0 Å². The van der Waals surface area contributed by atoms with Crippen LogP contribution in [0.4, 0.5) is 0 Å². The maximum Gasteiger partial charge on any atom is 0.0334 e. The predicted molar refractivity (Wildman–Crippen MR) is 90.6 cm³/mol. The third-order valence-corrected chi connectivity index (χ3v) is 5.46. The lowest BCUT2D eigenvalue weighted by atomic mass is 9.98. The minimum Gasteiger partial charge on any atom is -0.310 e. The zero-order valence-electron chi connectivity index (χ0n) is 13.1. The van der Waals surface area contributed by atoms with Crippen LogP contribution in [0.25, 0.3) is 0 Å². The zero-order valence-corrected chi connectivity index (χ0v) is 13.9. The van der Waals surface area contributed by atoms with Crippen LogP contribution in [-0.2, 0) is 0 Å². The number of hydrogen-bond donors (Lipinski definition) is 1. The summed E-state index contributed by atoms with van der Waals surface area (Å²) in [6, 6.07) is 10.1. The van der Waals surface area contributed by atoms with E-state index in [2.05, 4.69) is 67.1 Å². The summed E-state index contributed by atoms with van der Waals surface area (Å²) in [5.74, 6) is 2.65. The van der Waals surface area contributed by atoms with Crippen molar-refractivity contribution < 1.29 is 0 Å². The molecule has 0 bridgehead atoms. The van der Waals surface area contributed by atoms with Crippen LogP contribution in [-0.4, -0.2) is 42.6 Å². The van der Waals surface area contributed by atoms with Crippen molar-refractivity contribution >= 4 is 11.8 Å². The van der Waals surface area contributed by atoms with Crippen LogP contribution in [0, 0.1) is 6.92 Å². The third kappa shape index (κ3) is 4.24. The van der Waals surface area contributed by atoms with E-state index in [1.807, 2.05) is 0 Å². The number of rotatable bonds is 7. The van der Waals surface area contributed by atoms with Gasteiger partial charge in [0.1, 0.15) is 0 Å². The molecule has 2 unspecified atom stereocenters. The van der Waals surface area contributed by atoms with Crippen LogP contribution < -0.4 is 5.32 Å². The Kier molecular flexibility index (Phi) is 6.40. The van der Waals surface area contributed by atoms with E-state index < -0.39 is 0 Å². The SMILES string of the molecule is CCNC(CCN(C)C1CCSC1)c1ccccc1C. The van der Waals surface area contributed by atoms with Gasteiger partial charge in [0.15, 0.2) is 0 Å².